The number of amides is 1. The number of nitrogens with zero attached hydrogens (tertiary/aromatic N) is 1. The van der Waals surface area contributed by atoms with Crippen LogP contribution in [-0.2, 0) is 4.79 Å². The zero-order valence-electron chi connectivity index (χ0n) is 12.5. The van der Waals surface area contributed by atoms with Crippen LogP contribution >= 0.6 is 0 Å². The van der Waals surface area contributed by atoms with Crippen molar-refractivity contribution >= 4 is 5.91 Å². The maximum absolute atomic E-state index is 11.9. The number of carbonyl (C=O) groups is 1. The summed E-state index contributed by atoms with van der Waals surface area (Å²) < 4.78 is 0. The Bertz CT molecular complexity index is 313. The lowest BCUT2D eigenvalue weighted by molar-refractivity contribution is -0.122. The van der Waals surface area contributed by atoms with Gasteiger partial charge in [-0.05, 0) is 50.6 Å². The first-order chi connectivity index (χ1) is 9.00. The van der Waals surface area contributed by atoms with Gasteiger partial charge in [0.1, 0.15) is 0 Å². The molecule has 0 radical (unpaired) electrons. The molecule has 1 heterocycles. The van der Waals surface area contributed by atoms with E-state index in [1.54, 1.807) is 0 Å². The van der Waals surface area contributed by atoms with E-state index in [-0.39, 0.29) is 11.9 Å². The van der Waals surface area contributed by atoms with Gasteiger partial charge in [0.2, 0.25) is 5.91 Å². The molecule has 2 rings (SSSR count). The number of nitrogens with two attached hydrogens (primary N) is 1. The monoisotopic (exact) mass is 267 g/mol. The molecule has 4 nitrogen and oxygen atoms in total. The van der Waals surface area contributed by atoms with E-state index in [0.717, 1.165) is 25.9 Å². The summed E-state index contributed by atoms with van der Waals surface area (Å²) in [6, 6.07) is 0.668. The number of hydrogen-bond acceptors (Lipinski definition) is 3. The molecule has 1 atom stereocenters. The molecular weight excluding hydrogens is 238 g/mol. The highest BCUT2D eigenvalue weighted by atomic mass is 16.1. The van der Waals surface area contributed by atoms with E-state index in [1.165, 1.54) is 19.3 Å². The normalized spacial score (nSPS) is 25.6. The lowest BCUT2D eigenvalue weighted by Crippen LogP contribution is -2.44. The molecule has 1 saturated carbocycles. The summed E-state index contributed by atoms with van der Waals surface area (Å²) in [6.45, 7) is 7.42. The van der Waals surface area contributed by atoms with Crippen molar-refractivity contribution in [1.29, 1.82) is 0 Å². The van der Waals surface area contributed by atoms with E-state index in [1.807, 2.05) is 0 Å². The van der Waals surface area contributed by atoms with E-state index in [0.29, 0.717) is 24.4 Å². The molecule has 1 aliphatic carbocycles. The third-order valence-electron chi connectivity index (χ3n) is 4.53. The van der Waals surface area contributed by atoms with Crippen LogP contribution in [0, 0.1) is 5.41 Å². The van der Waals surface area contributed by atoms with Crippen molar-refractivity contribution in [1.82, 2.24) is 10.2 Å². The molecule has 1 unspecified atom stereocenters. The van der Waals surface area contributed by atoms with E-state index >= 15 is 0 Å². The molecule has 0 aromatic carbocycles. The topological polar surface area (TPSA) is 58.4 Å². The number of hydrogen-bond donors (Lipinski definition) is 2. The average molecular weight is 267 g/mol. The molecule has 1 saturated heterocycles. The lowest BCUT2D eigenvalue weighted by Gasteiger charge is -2.30. The highest BCUT2D eigenvalue weighted by molar-refractivity contribution is 5.77. The van der Waals surface area contributed by atoms with Crippen LogP contribution in [0.3, 0.4) is 0 Å². The van der Waals surface area contributed by atoms with Crippen molar-refractivity contribution in [3.05, 3.63) is 0 Å². The average Bonchev–Trinajstić information content (AvgIpc) is 3.14. The first kappa shape index (κ1) is 14.8. The Labute approximate surface area is 117 Å². The number of nitrogens with one attached hydrogen (secondary N) is 1. The van der Waals surface area contributed by atoms with Crippen LogP contribution in [0.4, 0.5) is 0 Å². The van der Waals surface area contributed by atoms with Crippen LogP contribution in [0.2, 0.25) is 0 Å². The highest BCUT2D eigenvalue weighted by Gasteiger charge is 2.29. The molecule has 4 heteroatoms. The first-order valence-corrected chi connectivity index (χ1v) is 7.74. The van der Waals surface area contributed by atoms with E-state index in [2.05, 4.69) is 24.1 Å². The summed E-state index contributed by atoms with van der Waals surface area (Å²) in [5.74, 6) is 0.182. The Morgan fingerprint density at radius 2 is 2.11 bits per heavy atom. The summed E-state index contributed by atoms with van der Waals surface area (Å²) >= 11 is 0. The second kappa shape index (κ2) is 6.23. The molecule has 110 valence electrons. The van der Waals surface area contributed by atoms with Gasteiger partial charge in [0.05, 0.1) is 0 Å². The van der Waals surface area contributed by atoms with Gasteiger partial charge in [-0.3, -0.25) is 9.69 Å². The van der Waals surface area contributed by atoms with Crippen LogP contribution in [0.5, 0.6) is 0 Å². The van der Waals surface area contributed by atoms with Crippen molar-refractivity contribution in [2.75, 3.05) is 19.6 Å². The standard InChI is InChI=1S/C15H29N3O/c1-15(2)6-3-8-18(9-7-15)13(11-16)10-14(19)17-12-4-5-12/h12-13H,3-11,16H2,1-2H3,(H,17,19). The maximum Gasteiger partial charge on any atom is 0.221 e. The van der Waals surface area contributed by atoms with Crippen LogP contribution in [-0.4, -0.2) is 42.5 Å². The molecule has 1 amide bonds. The van der Waals surface area contributed by atoms with Gasteiger partial charge in [-0.25, -0.2) is 0 Å². The van der Waals surface area contributed by atoms with Gasteiger partial charge in [-0.2, -0.15) is 0 Å². The van der Waals surface area contributed by atoms with Crippen LogP contribution < -0.4 is 11.1 Å². The number of likely N-dealkylation sites (tertiary alicyclic amines) is 1. The quantitative estimate of drug-likeness (QED) is 0.793. The minimum atomic E-state index is 0.182. The van der Waals surface area contributed by atoms with Crippen LogP contribution in [0.25, 0.3) is 0 Å². The molecule has 0 aromatic heterocycles. The third kappa shape index (κ3) is 4.77. The molecule has 19 heavy (non-hydrogen) atoms. The minimum Gasteiger partial charge on any atom is -0.353 e. The fraction of sp³-hybridized carbons (Fsp3) is 0.933. The smallest absolute Gasteiger partial charge is 0.221 e. The molecular formula is C15H29N3O. The van der Waals surface area contributed by atoms with Crippen molar-refractivity contribution in [3.63, 3.8) is 0 Å². The van der Waals surface area contributed by atoms with Gasteiger partial charge in [0.25, 0.3) is 0 Å². The molecule has 0 aromatic rings. The van der Waals surface area contributed by atoms with Gasteiger partial charge in [-0.15, -0.1) is 0 Å². The van der Waals surface area contributed by atoms with Gasteiger partial charge >= 0.3 is 0 Å². The second-order valence-electron chi connectivity index (χ2n) is 6.99. The Kier molecular flexibility index (Phi) is 4.85. The van der Waals surface area contributed by atoms with Crippen molar-refractivity contribution in [3.8, 4) is 0 Å². The van der Waals surface area contributed by atoms with Gasteiger partial charge in [0.15, 0.2) is 0 Å². The van der Waals surface area contributed by atoms with Gasteiger partial charge in [-0.1, -0.05) is 13.8 Å². The molecule has 3 N–H and O–H groups in total. The summed E-state index contributed by atoms with van der Waals surface area (Å²) in [5, 5.41) is 3.07. The fourth-order valence-corrected chi connectivity index (χ4v) is 2.90. The summed E-state index contributed by atoms with van der Waals surface area (Å²) in [5.41, 5.74) is 6.33. The van der Waals surface area contributed by atoms with E-state index < -0.39 is 0 Å². The number of rotatable bonds is 5. The van der Waals surface area contributed by atoms with Crippen LogP contribution in [0.15, 0.2) is 0 Å². The number of carbonyl (C=O) groups excluding carboxylic acids is 1. The third-order valence-corrected chi connectivity index (χ3v) is 4.53. The molecule has 0 bridgehead atoms. The Hall–Kier alpha value is -0.610. The van der Waals surface area contributed by atoms with Crippen molar-refractivity contribution in [2.24, 2.45) is 11.1 Å². The highest BCUT2D eigenvalue weighted by Crippen LogP contribution is 2.30. The van der Waals surface area contributed by atoms with Crippen molar-refractivity contribution < 1.29 is 4.79 Å². The lowest BCUT2D eigenvalue weighted by atomic mass is 9.85. The maximum atomic E-state index is 11.9. The zero-order valence-corrected chi connectivity index (χ0v) is 12.5. The summed E-state index contributed by atoms with van der Waals surface area (Å²) in [4.78, 5) is 14.4. The predicted molar refractivity (Wildman–Crippen MR) is 77.8 cm³/mol. The summed E-state index contributed by atoms with van der Waals surface area (Å²) in [7, 11) is 0. The SMILES string of the molecule is CC1(C)CCCN(C(CN)CC(=O)NC2CC2)CC1. The Balaban J connectivity index is 1.83. The Morgan fingerprint density at radius 3 is 2.74 bits per heavy atom. The Morgan fingerprint density at radius 1 is 1.37 bits per heavy atom. The van der Waals surface area contributed by atoms with E-state index in [4.69, 9.17) is 5.73 Å². The fourth-order valence-electron chi connectivity index (χ4n) is 2.90. The molecule has 2 fully saturated rings. The zero-order chi connectivity index (χ0) is 13.9. The summed E-state index contributed by atoms with van der Waals surface area (Å²) in [6.07, 6.45) is 6.55. The van der Waals surface area contributed by atoms with Gasteiger partial charge < -0.3 is 11.1 Å². The van der Waals surface area contributed by atoms with Crippen LogP contribution in [0.1, 0.15) is 52.4 Å². The first-order valence-electron chi connectivity index (χ1n) is 7.74. The molecule has 1 aliphatic heterocycles. The molecule has 2 aliphatic rings. The predicted octanol–water partition coefficient (Wildman–Crippen LogP) is 1.49. The van der Waals surface area contributed by atoms with Crippen molar-refractivity contribution in [2.45, 2.75) is 64.5 Å². The van der Waals surface area contributed by atoms with E-state index in [9.17, 15) is 4.79 Å². The molecule has 0 spiro atoms. The minimum absolute atomic E-state index is 0.182. The largest absolute Gasteiger partial charge is 0.353 e. The second-order valence-corrected chi connectivity index (χ2v) is 6.99. The van der Waals surface area contributed by atoms with Gasteiger partial charge in [0, 0.05) is 25.0 Å².